The molecule has 2 unspecified atom stereocenters. The number of likely N-dealkylation sites (tertiary alicyclic amines) is 1. The fourth-order valence-electron chi connectivity index (χ4n) is 2.47. The number of rotatable bonds is 4. The van der Waals surface area contributed by atoms with Crippen LogP contribution in [0.3, 0.4) is 0 Å². The number of piperidine rings is 1. The zero-order valence-corrected chi connectivity index (χ0v) is 10.6. The van der Waals surface area contributed by atoms with Gasteiger partial charge in [-0.3, -0.25) is 4.90 Å². The monoisotopic (exact) mass is 239 g/mol. The molecule has 2 atom stereocenters. The summed E-state index contributed by atoms with van der Waals surface area (Å²) in [6.45, 7) is 5.05. The Morgan fingerprint density at radius 1 is 1.35 bits per heavy atom. The van der Waals surface area contributed by atoms with Crippen LogP contribution in [-0.2, 0) is 13.0 Å². The summed E-state index contributed by atoms with van der Waals surface area (Å²) in [7, 11) is 0. The molecule has 1 saturated heterocycles. The number of nitrogens with zero attached hydrogens (tertiary/aromatic N) is 3. The summed E-state index contributed by atoms with van der Waals surface area (Å²) in [5, 5.41) is 17.4. The van der Waals surface area contributed by atoms with E-state index < -0.39 is 0 Å². The molecule has 0 aliphatic carbocycles. The third-order valence-electron chi connectivity index (χ3n) is 3.53. The lowest BCUT2D eigenvalue weighted by atomic mass is 9.97. The summed E-state index contributed by atoms with van der Waals surface area (Å²) in [6.07, 6.45) is 4.18. The molecular weight excluding hydrogens is 218 g/mol. The highest BCUT2D eigenvalue weighted by Gasteiger charge is 2.28. The van der Waals surface area contributed by atoms with Crippen molar-refractivity contribution in [2.75, 3.05) is 6.61 Å². The second-order valence-electron chi connectivity index (χ2n) is 4.73. The predicted molar refractivity (Wildman–Crippen MR) is 63.4 cm³/mol. The van der Waals surface area contributed by atoms with Crippen LogP contribution < -0.4 is 0 Å². The van der Waals surface area contributed by atoms with Crippen molar-refractivity contribution >= 4 is 0 Å². The molecule has 1 aliphatic heterocycles. The van der Waals surface area contributed by atoms with Gasteiger partial charge < -0.3 is 9.52 Å². The van der Waals surface area contributed by atoms with E-state index in [0.29, 0.717) is 24.4 Å². The normalized spacial score (nSPS) is 26.3. The fraction of sp³-hybridized carbons (Fsp3) is 0.833. The third-order valence-corrected chi connectivity index (χ3v) is 3.53. The molecule has 5 nitrogen and oxygen atoms in total. The Balaban J connectivity index is 2.03. The van der Waals surface area contributed by atoms with E-state index in [4.69, 9.17) is 4.42 Å². The second kappa shape index (κ2) is 5.60. The van der Waals surface area contributed by atoms with Gasteiger partial charge in [0.15, 0.2) is 0 Å². The maximum Gasteiger partial charge on any atom is 0.230 e. The highest BCUT2D eigenvalue weighted by Crippen LogP contribution is 2.24. The van der Waals surface area contributed by atoms with Crippen molar-refractivity contribution in [1.82, 2.24) is 15.1 Å². The Hall–Kier alpha value is -0.940. The molecule has 5 heteroatoms. The topological polar surface area (TPSA) is 62.4 Å². The molecule has 17 heavy (non-hydrogen) atoms. The minimum atomic E-state index is 0.207. The summed E-state index contributed by atoms with van der Waals surface area (Å²) < 4.78 is 5.53. The van der Waals surface area contributed by atoms with E-state index in [9.17, 15) is 5.11 Å². The molecule has 0 radical (unpaired) electrons. The van der Waals surface area contributed by atoms with Gasteiger partial charge >= 0.3 is 0 Å². The van der Waals surface area contributed by atoms with Crippen LogP contribution >= 0.6 is 0 Å². The molecule has 0 spiro atoms. The molecule has 1 aromatic heterocycles. The molecule has 0 saturated carbocycles. The quantitative estimate of drug-likeness (QED) is 0.859. The molecule has 0 bridgehead atoms. The van der Waals surface area contributed by atoms with Crippen LogP contribution in [0.25, 0.3) is 0 Å². The Kier molecular flexibility index (Phi) is 4.12. The van der Waals surface area contributed by atoms with Gasteiger partial charge in [-0.2, -0.15) is 0 Å². The average Bonchev–Trinajstić information content (AvgIpc) is 2.79. The van der Waals surface area contributed by atoms with Crippen molar-refractivity contribution < 1.29 is 9.52 Å². The van der Waals surface area contributed by atoms with Gasteiger partial charge in [0.25, 0.3) is 0 Å². The van der Waals surface area contributed by atoms with Crippen LogP contribution in [0.1, 0.15) is 44.9 Å². The standard InChI is InChI=1S/C12H21N3O2/c1-3-11-13-14-12(17-11)7-15-9(2)5-4-6-10(15)8-16/h9-10,16H,3-8H2,1-2H3. The molecule has 96 valence electrons. The minimum absolute atomic E-state index is 0.207. The maximum atomic E-state index is 9.40. The lowest BCUT2D eigenvalue weighted by Gasteiger charge is -2.38. The van der Waals surface area contributed by atoms with Gasteiger partial charge in [-0.25, -0.2) is 0 Å². The van der Waals surface area contributed by atoms with Crippen molar-refractivity contribution in [3.63, 3.8) is 0 Å². The number of hydrogen-bond acceptors (Lipinski definition) is 5. The van der Waals surface area contributed by atoms with Crippen LogP contribution in [0.4, 0.5) is 0 Å². The second-order valence-corrected chi connectivity index (χ2v) is 4.73. The first-order valence-corrected chi connectivity index (χ1v) is 6.42. The zero-order valence-electron chi connectivity index (χ0n) is 10.6. The van der Waals surface area contributed by atoms with Crippen LogP contribution in [0.15, 0.2) is 4.42 Å². The van der Waals surface area contributed by atoms with E-state index in [1.807, 2.05) is 6.92 Å². The van der Waals surface area contributed by atoms with E-state index in [2.05, 4.69) is 22.0 Å². The van der Waals surface area contributed by atoms with Crippen molar-refractivity contribution in [3.05, 3.63) is 11.8 Å². The van der Waals surface area contributed by atoms with Gasteiger partial charge in [0, 0.05) is 18.5 Å². The van der Waals surface area contributed by atoms with Crippen molar-refractivity contribution in [2.45, 2.75) is 58.2 Å². The number of hydrogen-bond donors (Lipinski definition) is 1. The minimum Gasteiger partial charge on any atom is -0.424 e. The van der Waals surface area contributed by atoms with Gasteiger partial charge in [-0.05, 0) is 19.8 Å². The Morgan fingerprint density at radius 3 is 2.76 bits per heavy atom. The van der Waals surface area contributed by atoms with Gasteiger partial charge in [0.1, 0.15) is 0 Å². The van der Waals surface area contributed by atoms with E-state index in [1.165, 1.54) is 12.8 Å². The van der Waals surface area contributed by atoms with E-state index in [0.717, 1.165) is 12.8 Å². The molecule has 2 heterocycles. The molecule has 1 aromatic rings. The van der Waals surface area contributed by atoms with Crippen molar-refractivity contribution in [1.29, 1.82) is 0 Å². The Morgan fingerprint density at radius 2 is 2.12 bits per heavy atom. The number of aliphatic hydroxyl groups excluding tert-OH is 1. The summed E-state index contributed by atoms with van der Waals surface area (Å²) >= 11 is 0. The lowest BCUT2D eigenvalue weighted by Crippen LogP contribution is -2.46. The van der Waals surface area contributed by atoms with Gasteiger partial charge in [0.2, 0.25) is 11.8 Å². The predicted octanol–water partition coefficient (Wildman–Crippen LogP) is 1.37. The summed E-state index contributed by atoms with van der Waals surface area (Å²) in [5.41, 5.74) is 0. The first kappa shape index (κ1) is 12.5. The van der Waals surface area contributed by atoms with Gasteiger partial charge in [-0.15, -0.1) is 10.2 Å². The average molecular weight is 239 g/mol. The SMILES string of the molecule is CCc1nnc(CN2C(C)CCCC2CO)o1. The maximum absolute atomic E-state index is 9.40. The molecule has 1 aliphatic rings. The lowest BCUT2D eigenvalue weighted by molar-refractivity contribution is 0.0382. The molecule has 1 N–H and O–H groups in total. The van der Waals surface area contributed by atoms with E-state index in [-0.39, 0.29) is 12.6 Å². The molecule has 0 amide bonds. The van der Waals surface area contributed by atoms with E-state index in [1.54, 1.807) is 0 Å². The first-order chi connectivity index (χ1) is 8.24. The first-order valence-electron chi connectivity index (χ1n) is 6.42. The molecule has 1 fully saturated rings. The summed E-state index contributed by atoms with van der Waals surface area (Å²) in [6, 6.07) is 0.702. The third kappa shape index (κ3) is 2.84. The van der Waals surface area contributed by atoms with Crippen LogP contribution in [0.5, 0.6) is 0 Å². The van der Waals surface area contributed by atoms with Gasteiger partial charge in [0.05, 0.1) is 13.2 Å². The highest BCUT2D eigenvalue weighted by atomic mass is 16.4. The largest absolute Gasteiger partial charge is 0.424 e. The molecule has 2 rings (SSSR count). The molecular formula is C12H21N3O2. The van der Waals surface area contributed by atoms with Crippen LogP contribution in [-0.4, -0.2) is 38.9 Å². The molecule has 0 aromatic carbocycles. The number of aromatic nitrogens is 2. The van der Waals surface area contributed by atoms with Crippen molar-refractivity contribution in [2.24, 2.45) is 0 Å². The highest BCUT2D eigenvalue weighted by molar-refractivity contribution is 4.87. The fourth-order valence-corrected chi connectivity index (χ4v) is 2.47. The van der Waals surface area contributed by atoms with Crippen LogP contribution in [0.2, 0.25) is 0 Å². The van der Waals surface area contributed by atoms with Crippen molar-refractivity contribution in [3.8, 4) is 0 Å². The number of aliphatic hydroxyl groups is 1. The summed E-state index contributed by atoms with van der Waals surface area (Å²) in [5.74, 6) is 1.35. The Bertz CT molecular complexity index is 353. The van der Waals surface area contributed by atoms with E-state index >= 15 is 0 Å². The Labute approximate surface area is 102 Å². The zero-order chi connectivity index (χ0) is 12.3. The summed E-state index contributed by atoms with van der Waals surface area (Å²) in [4.78, 5) is 2.27. The van der Waals surface area contributed by atoms with Crippen LogP contribution in [0, 0.1) is 0 Å². The number of aryl methyl sites for hydroxylation is 1. The van der Waals surface area contributed by atoms with Gasteiger partial charge in [-0.1, -0.05) is 13.3 Å². The smallest absolute Gasteiger partial charge is 0.230 e.